The molecule has 1 aliphatic rings. The Morgan fingerprint density at radius 1 is 1.09 bits per heavy atom. The number of amides is 1. The zero-order valence-corrected chi connectivity index (χ0v) is 19.4. The molecule has 9 heteroatoms. The molecule has 1 saturated heterocycles. The number of ether oxygens (including phenoxy) is 1. The lowest BCUT2D eigenvalue weighted by Crippen LogP contribution is -2.36. The van der Waals surface area contributed by atoms with Crippen LogP contribution < -0.4 is 10.6 Å². The first-order valence-corrected chi connectivity index (χ1v) is 11.8. The van der Waals surface area contributed by atoms with E-state index < -0.39 is 0 Å². The minimum absolute atomic E-state index is 0.325. The lowest BCUT2D eigenvalue weighted by atomic mass is 10.2. The van der Waals surface area contributed by atoms with Gasteiger partial charge in [0.05, 0.1) is 30.4 Å². The molecule has 0 atom stereocenters. The molecule has 1 fully saturated rings. The Kier molecular flexibility index (Phi) is 7.13. The van der Waals surface area contributed by atoms with Crippen LogP contribution in [0.2, 0.25) is 0 Å². The molecule has 1 amide bonds. The largest absolute Gasteiger partial charge is 0.379 e. The normalized spacial score (nSPS) is 13.9. The van der Waals surface area contributed by atoms with Crippen molar-refractivity contribution in [3.63, 3.8) is 0 Å². The number of hydrogen-bond donors (Lipinski definition) is 3. The van der Waals surface area contributed by atoms with Crippen LogP contribution in [0.15, 0.2) is 48.9 Å². The number of unbranched alkanes of at least 4 members (excludes halogenated alkanes) is 2. The van der Waals surface area contributed by atoms with Crippen LogP contribution in [0, 0.1) is 11.8 Å². The summed E-state index contributed by atoms with van der Waals surface area (Å²) in [6, 6.07) is 11.4. The van der Waals surface area contributed by atoms with Crippen molar-refractivity contribution in [1.29, 1.82) is 0 Å². The van der Waals surface area contributed by atoms with Gasteiger partial charge in [0.15, 0.2) is 0 Å². The van der Waals surface area contributed by atoms with Crippen LogP contribution in [-0.2, 0) is 9.53 Å². The van der Waals surface area contributed by atoms with Gasteiger partial charge in [0, 0.05) is 41.7 Å². The van der Waals surface area contributed by atoms with Crippen LogP contribution in [0.1, 0.15) is 19.3 Å². The number of morpholine rings is 1. The van der Waals surface area contributed by atoms with Crippen molar-refractivity contribution in [3.05, 3.63) is 48.9 Å². The summed E-state index contributed by atoms with van der Waals surface area (Å²) in [6.45, 7) is 4.70. The van der Waals surface area contributed by atoms with Gasteiger partial charge in [0.1, 0.15) is 12.1 Å². The number of anilines is 3. The van der Waals surface area contributed by atoms with E-state index in [-0.39, 0.29) is 5.91 Å². The fourth-order valence-corrected chi connectivity index (χ4v) is 4.07. The van der Waals surface area contributed by atoms with Gasteiger partial charge in [0.2, 0.25) is 0 Å². The second kappa shape index (κ2) is 11.0. The van der Waals surface area contributed by atoms with Crippen molar-refractivity contribution in [3.8, 4) is 11.8 Å². The molecule has 5 rings (SSSR count). The van der Waals surface area contributed by atoms with E-state index in [9.17, 15) is 4.79 Å². The number of carbonyl (C=O) groups excluding carboxylic acids is 1. The number of hydrogen-bond acceptors (Lipinski definition) is 7. The standard InChI is InChI=1S/C26H27N7O2/c34-25(5-3-1-2-4-10-33-11-13-35-14-12-33)30-21-7-9-24-22(16-21)26(28-18-27-24)31-20-6-8-23-19(15-20)17-29-32-23/h6-9,15-18H,1-2,4,10-14H2,(H,29,32)(H,30,34)(H,27,28,31). The van der Waals surface area contributed by atoms with Crippen LogP contribution in [0.25, 0.3) is 21.8 Å². The summed E-state index contributed by atoms with van der Waals surface area (Å²) in [5, 5.41) is 15.0. The molecular formula is C26H27N7O2. The topological polar surface area (TPSA) is 108 Å². The fraction of sp³-hybridized carbons (Fsp3) is 0.308. The quantitative estimate of drug-likeness (QED) is 0.280. The van der Waals surface area contributed by atoms with Crippen molar-refractivity contribution in [1.82, 2.24) is 25.1 Å². The van der Waals surface area contributed by atoms with Gasteiger partial charge in [-0.05, 0) is 61.7 Å². The molecule has 9 nitrogen and oxygen atoms in total. The van der Waals surface area contributed by atoms with Crippen molar-refractivity contribution >= 4 is 44.9 Å². The van der Waals surface area contributed by atoms with E-state index in [1.165, 1.54) is 6.33 Å². The fourth-order valence-electron chi connectivity index (χ4n) is 4.07. The third-order valence-corrected chi connectivity index (χ3v) is 5.93. The number of nitrogens with zero attached hydrogens (tertiary/aromatic N) is 4. The zero-order chi connectivity index (χ0) is 23.9. The van der Waals surface area contributed by atoms with Crippen LogP contribution in [0.4, 0.5) is 17.2 Å². The van der Waals surface area contributed by atoms with E-state index >= 15 is 0 Å². The molecule has 0 spiro atoms. The molecule has 2 aromatic heterocycles. The third kappa shape index (κ3) is 5.93. The monoisotopic (exact) mass is 469 g/mol. The number of aromatic nitrogens is 4. The van der Waals surface area contributed by atoms with Gasteiger partial charge in [-0.15, -0.1) is 0 Å². The molecular weight excluding hydrogens is 442 g/mol. The van der Waals surface area contributed by atoms with E-state index in [2.05, 4.69) is 47.5 Å². The van der Waals surface area contributed by atoms with Crippen molar-refractivity contribution in [2.24, 2.45) is 0 Å². The van der Waals surface area contributed by atoms with Gasteiger partial charge in [-0.25, -0.2) is 9.97 Å². The molecule has 0 aliphatic carbocycles. The SMILES string of the molecule is O=C(C#CCCCCN1CCOCC1)Nc1ccc2ncnc(Nc3ccc4[nH]ncc4c3)c2c1. The van der Waals surface area contributed by atoms with Crippen LogP contribution in [-0.4, -0.2) is 63.8 Å². The number of aromatic amines is 1. The molecule has 0 radical (unpaired) electrons. The summed E-state index contributed by atoms with van der Waals surface area (Å²) in [5.41, 5.74) is 3.27. The highest BCUT2D eigenvalue weighted by atomic mass is 16.5. The van der Waals surface area contributed by atoms with Crippen molar-refractivity contribution in [2.75, 3.05) is 43.5 Å². The molecule has 3 heterocycles. The Morgan fingerprint density at radius 2 is 1.97 bits per heavy atom. The Labute approximate surface area is 203 Å². The third-order valence-electron chi connectivity index (χ3n) is 5.93. The maximum absolute atomic E-state index is 12.3. The second-order valence-corrected chi connectivity index (χ2v) is 8.42. The maximum Gasteiger partial charge on any atom is 0.300 e. The molecule has 4 aromatic rings. The number of rotatable bonds is 7. The Morgan fingerprint density at radius 3 is 2.89 bits per heavy atom. The molecule has 0 bridgehead atoms. The lowest BCUT2D eigenvalue weighted by molar-refractivity contribution is -0.111. The number of nitrogens with one attached hydrogen (secondary N) is 3. The predicted molar refractivity (Wildman–Crippen MR) is 136 cm³/mol. The highest BCUT2D eigenvalue weighted by molar-refractivity contribution is 6.05. The van der Waals surface area contributed by atoms with E-state index in [0.29, 0.717) is 17.9 Å². The summed E-state index contributed by atoms with van der Waals surface area (Å²) in [4.78, 5) is 23.5. The lowest BCUT2D eigenvalue weighted by Gasteiger charge is -2.26. The second-order valence-electron chi connectivity index (χ2n) is 8.42. The Balaban J connectivity index is 1.19. The van der Waals surface area contributed by atoms with Gasteiger partial charge in [-0.3, -0.25) is 14.8 Å². The summed E-state index contributed by atoms with van der Waals surface area (Å²) >= 11 is 0. The van der Waals surface area contributed by atoms with Crippen LogP contribution in [0.3, 0.4) is 0 Å². The van der Waals surface area contributed by atoms with E-state index in [1.807, 2.05) is 36.4 Å². The number of H-pyrrole nitrogens is 1. The molecule has 35 heavy (non-hydrogen) atoms. The van der Waals surface area contributed by atoms with Crippen molar-refractivity contribution in [2.45, 2.75) is 19.3 Å². The van der Waals surface area contributed by atoms with Crippen LogP contribution >= 0.6 is 0 Å². The zero-order valence-electron chi connectivity index (χ0n) is 19.4. The van der Waals surface area contributed by atoms with Gasteiger partial charge in [-0.2, -0.15) is 5.10 Å². The van der Waals surface area contributed by atoms with Gasteiger partial charge >= 0.3 is 0 Å². The Bertz CT molecular complexity index is 1380. The summed E-state index contributed by atoms with van der Waals surface area (Å²) < 4.78 is 5.37. The summed E-state index contributed by atoms with van der Waals surface area (Å²) in [6.07, 6.45) is 6.05. The number of fused-ring (bicyclic) bond motifs is 2. The molecule has 1 aliphatic heterocycles. The van der Waals surface area contributed by atoms with Crippen molar-refractivity contribution < 1.29 is 9.53 Å². The smallest absolute Gasteiger partial charge is 0.300 e. The average Bonchev–Trinajstić information content (AvgIpc) is 3.35. The highest BCUT2D eigenvalue weighted by Gasteiger charge is 2.09. The molecule has 0 saturated carbocycles. The predicted octanol–water partition coefficient (Wildman–Crippen LogP) is 3.69. The Hall–Kier alpha value is -4.00. The van der Waals surface area contributed by atoms with Gasteiger partial charge in [0.25, 0.3) is 5.91 Å². The molecule has 178 valence electrons. The maximum atomic E-state index is 12.3. The van der Waals surface area contributed by atoms with E-state index in [0.717, 1.165) is 73.2 Å². The minimum Gasteiger partial charge on any atom is -0.379 e. The minimum atomic E-state index is -0.325. The van der Waals surface area contributed by atoms with Gasteiger partial charge in [-0.1, -0.05) is 5.92 Å². The van der Waals surface area contributed by atoms with Crippen LogP contribution in [0.5, 0.6) is 0 Å². The summed E-state index contributed by atoms with van der Waals surface area (Å²) in [5.74, 6) is 6.01. The highest BCUT2D eigenvalue weighted by Crippen LogP contribution is 2.27. The molecule has 3 N–H and O–H groups in total. The van der Waals surface area contributed by atoms with E-state index in [4.69, 9.17) is 4.74 Å². The first kappa shape index (κ1) is 22.8. The molecule has 0 unspecified atom stereocenters. The average molecular weight is 470 g/mol. The first-order valence-electron chi connectivity index (χ1n) is 11.8. The molecule has 2 aromatic carbocycles. The number of carbonyl (C=O) groups is 1. The first-order chi connectivity index (χ1) is 17.2. The van der Waals surface area contributed by atoms with Gasteiger partial charge < -0.3 is 15.4 Å². The van der Waals surface area contributed by atoms with E-state index in [1.54, 1.807) is 6.20 Å². The summed E-state index contributed by atoms with van der Waals surface area (Å²) in [7, 11) is 0. The number of benzene rings is 2.